The summed E-state index contributed by atoms with van der Waals surface area (Å²) in [5.41, 5.74) is 6.39. The molecule has 28 heavy (non-hydrogen) atoms. The zero-order chi connectivity index (χ0) is 20.0. The summed E-state index contributed by atoms with van der Waals surface area (Å²) in [5, 5.41) is 13.4. The van der Waals surface area contributed by atoms with Crippen LogP contribution in [0.25, 0.3) is 10.9 Å². The number of carbonyl (C=O) groups is 1. The van der Waals surface area contributed by atoms with Gasteiger partial charge in [0.2, 0.25) is 0 Å². The van der Waals surface area contributed by atoms with Gasteiger partial charge in [0.25, 0.3) is 11.5 Å². The fraction of sp³-hybridized carbons (Fsp3) is 0.250. The third kappa shape index (κ3) is 2.87. The Labute approximate surface area is 159 Å². The lowest BCUT2D eigenvalue weighted by Gasteiger charge is -2.26. The number of benzene rings is 1. The maximum Gasteiger partial charge on any atom is 0.267 e. The summed E-state index contributed by atoms with van der Waals surface area (Å²) in [6.45, 7) is 1.97. The predicted molar refractivity (Wildman–Crippen MR) is 103 cm³/mol. The zero-order valence-corrected chi connectivity index (χ0v) is 15.2. The Bertz CT molecular complexity index is 1160. The van der Waals surface area contributed by atoms with E-state index in [4.69, 9.17) is 5.73 Å². The van der Waals surface area contributed by atoms with Gasteiger partial charge in [0, 0.05) is 24.2 Å². The lowest BCUT2D eigenvalue weighted by Crippen LogP contribution is -2.36. The van der Waals surface area contributed by atoms with Gasteiger partial charge in [-0.3, -0.25) is 9.59 Å². The molecule has 0 aliphatic carbocycles. The molecule has 1 aromatic carbocycles. The molecule has 3 aromatic rings. The number of nitrogen functional groups attached to an aromatic ring is 1. The number of aryl methyl sites for hydroxylation is 1. The van der Waals surface area contributed by atoms with E-state index in [-0.39, 0.29) is 23.5 Å². The van der Waals surface area contributed by atoms with Crippen LogP contribution >= 0.6 is 0 Å². The number of nitrogens with two attached hydrogens (primary N) is 1. The van der Waals surface area contributed by atoms with Crippen LogP contribution in [0.4, 0.5) is 10.2 Å². The number of nitrogens with zero attached hydrogens (tertiary/aromatic N) is 2. The van der Waals surface area contributed by atoms with Crippen molar-refractivity contribution in [1.82, 2.24) is 14.9 Å². The van der Waals surface area contributed by atoms with Crippen LogP contribution in [0.1, 0.15) is 40.9 Å². The lowest BCUT2D eigenvalue weighted by atomic mass is 9.95. The minimum absolute atomic E-state index is 0.104. The normalized spacial score (nSPS) is 15.6. The highest BCUT2D eigenvalue weighted by Gasteiger charge is 2.28. The van der Waals surface area contributed by atoms with Gasteiger partial charge in [-0.05, 0) is 49.1 Å². The van der Waals surface area contributed by atoms with Crippen LogP contribution in [-0.4, -0.2) is 20.6 Å². The van der Waals surface area contributed by atoms with Crippen molar-refractivity contribution in [3.8, 4) is 5.75 Å². The molecular weight excluding hydrogens is 363 g/mol. The van der Waals surface area contributed by atoms with Crippen molar-refractivity contribution in [2.24, 2.45) is 0 Å². The summed E-state index contributed by atoms with van der Waals surface area (Å²) in [5.74, 6) is -1.39. The fourth-order valence-electron chi connectivity index (χ4n) is 3.70. The zero-order valence-electron chi connectivity index (χ0n) is 15.2. The van der Waals surface area contributed by atoms with E-state index in [1.165, 1.54) is 16.8 Å². The average molecular weight is 382 g/mol. The van der Waals surface area contributed by atoms with E-state index >= 15 is 0 Å². The minimum atomic E-state index is -0.728. The van der Waals surface area contributed by atoms with E-state index in [1.807, 2.05) is 6.92 Å². The molecule has 0 unspecified atom stereocenters. The van der Waals surface area contributed by atoms with Crippen molar-refractivity contribution >= 4 is 22.6 Å². The van der Waals surface area contributed by atoms with Gasteiger partial charge in [0.05, 0.1) is 5.52 Å². The van der Waals surface area contributed by atoms with E-state index in [0.29, 0.717) is 35.3 Å². The SMILES string of the molecule is C[C@H]1CCc2cc(F)cc3c(O)c(C(=O)NCc4ccc(N)nc4)c(=O)n1c23. The highest BCUT2D eigenvalue weighted by molar-refractivity contribution is 6.03. The van der Waals surface area contributed by atoms with Gasteiger partial charge in [0.1, 0.15) is 22.9 Å². The first-order chi connectivity index (χ1) is 13.4. The Hall–Kier alpha value is -3.42. The molecule has 0 radical (unpaired) electrons. The molecule has 0 bridgehead atoms. The number of aromatic hydroxyl groups is 1. The van der Waals surface area contributed by atoms with Crippen molar-refractivity contribution in [2.45, 2.75) is 32.4 Å². The van der Waals surface area contributed by atoms with Crippen molar-refractivity contribution in [3.63, 3.8) is 0 Å². The second-order valence-electron chi connectivity index (χ2n) is 7.02. The second kappa shape index (κ2) is 6.63. The van der Waals surface area contributed by atoms with Crippen LogP contribution in [0.2, 0.25) is 0 Å². The number of hydrogen-bond donors (Lipinski definition) is 3. The van der Waals surface area contributed by atoms with Gasteiger partial charge < -0.3 is 20.7 Å². The Balaban J connectivity index is 1.80. The molecule has 1 aliphatic heterocycles. The van der Waals surface area contributed by atoms with E-state index in [9.17, 15) is 19.1 Å². The Morgan fingerprint density at radius 1 is 1.43 bits per heavy atom. The summed E-state index contributed by atoms with van der Waals surface area (Å²) < 4.78 is 15.5. The standard InChI is InChI=1S/C20H19FN4O3/c1-10-2-4-12-6-13(21)7-14-17(12)25(10)20(28)16(18(14)26)19(27)24-9-11-3-5-15(22)23-8-11/h3,5-8,10,26H,2,4,9H2,1H3,(H2,22,23)(H,24,27)/t10-/m0/s1. The quantitative estimate of drug-likeness (QED) is 0.644. The molecule has 0 fully saturated rings. The molecule has 1 aliphatic rings. The molecule has 0 saturated heterocycles. The third-order valence-corrected chi connectivity index (χ3v) is 5.12. The summed E-state index contributed by atoms with van der Waals surface area (Å²) in [4.78, 5) is 29.7. The topological polar surface area (TPSA) is 110 Å². The van der Waals surface area contributed by atoms with Crippen LogP contribution in [0.5, 0.6) is 5.75 Å². The largest absolute Gasteiger partial charge is 0.506 e. The third-order valence-electron chi connectivity index (χ3n) is 5.12. The molecule has 8 heteroatoms. The molecule has 0 saturated carbocycles. The fourth-order valence-corrected chi connectivity index (χ4v) is 3.70. The maximum atomic E-state index is 14.0. The van der Waals surface area contributed by atoms with E-state index in [2.05, 4.69) is 10.3 Å². The first-order valence-corrected chi connectivity index (χ1v) is 8.95. The first kappa shape index (κ1) is 18.0. The molecule has 7 nitrogen and oxygen atoms in total. The monoisotopic (exact) mass is 382 g/mol. The number of amides is 1. The van der Waals surface area contributed by atoms with Crippen LogP contribution < -0.4 is 16.6 Å². The highest BCUT2D eigenvalue weighted by Crippen LogP contribution is 2.35. The minimum Gasteiger partial charge on any atom is -0.506 e. The molecule has 144 valence electrons. The van der Waals surface area contributed by atoms with E-state index < -0.39 is 23.0 Å². The molecule has 4 rings (SSSR count). The van der Waals surface area contributed by atoms with Crippen molar-refractivity contribution in [3.05, 3.63) is 63.3 Å². The molecule has 4 N–H and O–H groups in total. The molecular formula is C20H19FN4O3. The Morgan fingerprint density at radius 2 is 2.21 bits per heavy atom. The number of anilines is 1. The number of halogens is 1. The van der Waals surface area contributed by atoms with Gasteiger partial charge in [-0.25, -0.2) is 9.37 Å². The number of carbonyl (C=O) groups excluding carboxylic acids is 1. The smallest absolute Gasteiger partial charge is 0.267 e. The molecule has 3 heterocycles. The number of nitrogens with one attached hydrogen (secondary N) is 1. The van der Waals surface area contributed by atoms with Gasteiger partial charge in [0.15, 0.2) is 0 Å². The predicted octanol–water partition coefficient (Wildman–Crippen LogP) is 2.26. The van der Waals surface area contributed by atoms with Gasteiger partial charge in [-0.2, -0.15) is 0 Å². The molecule has 0 spiro atoms. The van der Waals surface area contributed by atoms with Crippen molar-refractivity contribution < 1.29 is 14.3 Å². The van der Waals surface area contributed by atoms with Crippen LogP contribution in [0, 0.1) is 5.82 Å². The molecule has 2 aromatic heterocycles. The molecule has 1 amide bonds. The number of aromatic nitrogens is 2. The Kier molecular flexibility index (Phi) is 4.26. The highest BCUT2D eigenvalue weighted by atomic mass is 19.1. The van der Waals surface area contributed by atoms with Crippen molar-refractivity contribution in [2.75, 3.05) is 5.73 Å². The number of rotatable bonds is 3. The summed E-state index contributed by atoms with van der Waals surface area (Å²) >= 11 is 0. The molecule has 1 atom stereocenters. The Morgan fingerprint density at radius 3 is 2.93 bits per heavy atom. The number of pyridine rings is 2. The summed E-state index contributed by atoms with van der Waals surface area (Å²) in [7, 11) is 0. The van der Waals surface area contributed by atoms with Crippen LogP contribution in [0.3, 0.4) is 0 Å². The van der Waals surface area contributed by atoms with Crippen LogP contribution in [0.15, 0.2) is 35.3 Å². The number of hydrogen-bond acceptors (Lipinski definition) is 5. The van der Waals surface area contributed by atoms with Gasteiger partial charge in [-0.15, -0.1) is 0 Å². The second-order valence-corrected chi connectivity index (χ2v) is 7.02. The van der Waals surface area contributed by atoms with Crippen molar-refractivity contribution in [1.29, 1.82) is 0 Å². The lowest BCUT2D eigenvalue weighted by molar-refractivity contribution is 0.0946. The maximum absolute atomic E-state index is 14.0. The van der Waals surface area contributed by atoms with Gasteiger partial charge >= 0.3 is 0 Å². The van der Waals surface area contributed by atoms with E-state index in [0.717, 1.165) is 6.07 Å². The van der Waals surface area contributed by atoms with E-state index in [1.54, 1.807) is 12.1 Å². The van der Waals surface area contributed by atoms with Crippen LogP contribution in [-0.2, 0) is 13.0 Å². The average Bonchev–Trinajstić information content (AvgIpc) is 2.66. The first-order valence-electron chi connectivity index (χ1n) is 8.95. The summed E-state index contributed by atoms with van der Waals surface area (Å²) in [6.07, 6.45) is 2.76. The summed E-state index contributed by atoms with van der Waals surface area (Å²) in [6, 6.07) is 5.66. The van der Waals surface area contributed by atoms with Gasteiger partial charge in [-0.1, -0.05) is 6.07 Å².